The minimum Gasteiger partial charge on any atom is -0.366 e. The average molecular weight is 274 g/mol. The van der Waals surface area contributed by atoms with Gasteiger partial charge in [-0.25, -0.2) is 0 Å². The molecule has 3 heteroatoms. The molecule has 0 spiro atoms. The zero-order valence-electron chi connectivity index (χ0n) is 10.8. The molecule has 0 aromatic heterocycles. The van der Waals surface area contributed by atoms with E-state index in [4.69, 9.17) is 17.3 Å². The Hall–Kier alpha value is -1.80. The van der Waals surface area contributed by atoms with Crippen LogP contribution in [0.15, 0.2) is 42.5 Å². The van der Waals surface area contributed by atoms with Gasteiger partial charge < -0.3 is 5.73 Å². The summed E-state index contributed by atoms with van der Waals surface area (Å²) in [7, 11) is 0. The maximum absolute atomic E-state index is 11.2. The number of aryl methyl sites for hydroxylation is 1. The summed E-state index contributed by atoms with van der Waals surface area (Å²) in [6.07, 6.45) is 1.63. The fourth-order valence-electron chi connectivity index (χ4n) is 2.13. The van der Waals surface area contributed by atoms with Crippen LogP contribution in [-0.2, 0) is 12.8 Å². The second-order valence-corrected chi connectivity index (χ2v) is 4.88. The Labute approximate surface area is 118 Å². The smallest absolute Gasteiger partial charge is 0.248 e. The highest BCUT2D eigenvalue weighted by atomic mass is 35.5. The van der Waals surface area contributed by atoms with Crippen molar-refractivity contribution in [3.63, 3.8) is 0 Å². The second kappa shape index (κ2) is 5.89. The molecular formula is C16H16ClNO. The molecule has 1 amide bonds. The molecule has 2 nitrogen and oxygen atoms in total. The number of nitrogens with two attached hydrogens (primary N) is 1. The van der Waals surface area contributed by atoms with E-state index < -0.39 is 0 Å². The maximum Gasteiger partial charge on any atom is 0.248 e. The molecule has 0 saturated carbocycles. The van der Waals surface area contributed by atoms with E-state index in [-0.39, 0.29) is 5.91 Å². The zero-order valence-corrected chi connectivity index (χ0v) is 11.6. The quantitative estimate of drug-likeness (QED) is 0.909. The molecule has 19 heavy (non-hydrogen) atoms. The fourth-order valence-corrected chi connectivity index (χ4v) is 2.33. The summed E-state index contributed by atoms with van der Waals surface area (Å²) in [6, 6.07) is 13.4. The van der Waals surface area contributed by atoms with Crippen LogP contribution in [0.5, 0.6) is 0 Å². The van der Waals surface area contributed by atoms with Crippen LogP contribution in [0.1, 0.15) is 34.0 Å². The molecule has 2 rings (SSSR count). The van der Waals surface area contributed by atoms with Crippen LogP contribution in [0.25, 0.3) is 0 Å². The van der Waals surface area contributed by atoms with Crippen LogP contribution in [0.2, 0.25) is 5.02 Å². The van der Waals surface area contributed by atoms with Crippen LogP contribution in [0.3, 0.4) is 0 Å². The molecule has 2 N–H and O–H groups in total. The molecule has 0 aliphatic carbocycles. The standard InChI is InChI=1S/C16H16ClNO/c1-2-11-9-14(16(18)19)8-7-12(11)10-13-5-3-4-6-15(13)17/h3-9H,2,10H2,1H3,(H2,18,19). The third-order valence-corrected chi connectivity index (χ3v) is 3.58. The van der Waals surface area contributed by atoms with E-state index in [1.165, 1.54) is 5.56 Å². The summed E-state index contributed by atoms with van der Waals surface area (Å²) >= 11 is 6.18. The molecule has 0 aliphatic heterocycles. The molecule has 0 saturated heterocycles. The Morgan fingerprint density at radius 1 is 1.11 bits per heavy atom. The zero-order chi connectivity index (χ0) is 13.8. The maximum atomic E-state index is 11.2. The van der Waals surface area contributed by atoms with Crippen LogP contribution in [0.4, 0.5) is 0 Å². The fraction of sp³-hybridized carbons (Fsp3) is 0.188. The SMILES string of the molecule is CCc1cc(C(N)=O)ccc1Cc1ccccc1Cl. The van der Waals surface area contributed by atoms with Gasteiger partial charge in [0.1, 0.15) is 0 Å². The first-order chi connectivity index (χ1) is 9.11. The van der Waals surface area contributed by atoms with Crippen molar-refractivity contribution in [1.82, 2.24) is 0 Å². The number of hydrogen-bond donors (Lipinski definition) is 1. The van der Waals surface area contributed by atoms with Crippen molar-refractivity contribution in [1.29, 1.82) is 0 Å². The highest BCUT2D eigenvalue weighted by Crippen LogP contribution is 2.22. The van der Waals surface area contributed by atoms with Gasteiger partial charge in [0.15, 0.2) is 0 Å². The van der Waals surface area contributed by atoms with Crippen molar-refractivity contribution in [3.05, 3.63) is 69.7 Å². The monoisotopic (exact) mass is 273 g/mol. The number of hydrogen-bond acceptors (Lipinski definition) is 1. The number of benzene rings is 2. The van der Waals surface area contributed by atoms with Gasteiger partial charge in [-0.3, -0.25) is 4.79 Å². The van der Waals surface area contributed by atoms with Gasteiger partial charge in [-0.15, -0.1) is 0 Å². The van der Waals surface area contributed by atoms with Crippen molar-refractivity contribution in [2.75, 3.05) is 0 Å². The Kier molecular flexibility index (Phi) is 4.23. The van der Waals surface area contributed by atoms with Gasteiger partial charge in [-0.05, 0) is 47.7 Å². The Bertz CT molecular complexity index is 607. The van der Waals surface area contributed by atoms with E-state index in [1.807, 2.05) is 36.4 Å². The van der Waals surface area contributed by atoms with Crippen molar-refractivity contribution < 1.29 is 4.79 Å². The molecule has 0 aliphatic rings. The van der Waals surface area contributed by atoms with E-state index in [0.29, 0.717) is 5.56 Å². The van der Waals surface area contributed by atoms with Crippen LogP contribution >= 0.6 is 11.6 Å². The van der Waals surface area contributed by atoms with Crippen LogP contribution in [-0.4, -0.2) is 5.91 Å². The lowest BCUT2D eigenvalue weighted by molar-refractivity contribution is 0.1000. The molecule has 0 unspecified atom stereocenters. The average Bonchev–Trinajstić information content (AvgIpc) is 2.41. The normalized spacial score (nSPS) is 10.4. The largest absolute Gasteiger partial charge is 0.366 e. The molecule has 98 valence electrons. The lowest BCUT2D eigenvalue weighted by atomic mass is 9.96. The van der Waals surface area contributed by atoms with Gasteiger partial charge in [-0.1, -0.05) is 42.8 Å². The summed E-state index contributed by atoms with van der Waals surface area (Å²) in [5.41, 5.74) is 9.26. The predicted octanol–water partition coefficient (Wildman–Crippen LogP) is 3.59. The number of carbonyl (C=O) groups is 1. The summed E-state index contributed by atoms with van der Waals surface area (Å²) in [5, 5.41) is 0.767. The van der Waals surface area contributed by atoms with Crippen molar-refractivity contribution in [3.8, 4) is 0 Å². The number of halogens is 1. The van der Waals surface area contributed by atoms with E-state index in [0.717, 1.165) is 29.0 Å². The Balaban J connectivity index is 2.35. The molecule has 0 heterocycles. The lowest BCUT2D eigenvalue weighted by Crippen LogP contribution is -2.11. The first-order valence-corrected chi connectivity index (χ1v) is 6.64. The summed E-state index contributed by atoms with van der Waals surface area (Å²) in [5.74, 6) is -0.390. The van der Waals surface area contributed by atoms with Gasteiger partial charge in [0.25, 0.3) is 0 Å². The van der Waals surface area contributed by atoms with E-state index in [9.17, 15) is 4.79 Å². The summed E-state index contributed by atoms with van der Waals surface area (Å²) in [6.45, 7) is 2.07. The Morgan fingerprint density at radius 2 is 1.84 bits per heavy atom. The minimum absolute atomic E-state index is 0.390. The molecule has 0 fully saturated rings. The Morgan fingerprint density at radius 3 is 2.47 bits per heavy atom. The van der Waals surface area contributed by atoms with E-state index in [2.05, 4.69) is 6.92 Å². The third kappa shape index (κ3) is 3.15. The molecule has 0 radical (unpaired) electrons. The van der Waals surface area contributed by atoms with Crippen molar-refractivity contribution in [2.45, 2.75) is 19.8 Å². The first-order valence-electron chi connectivity index (χ1n) is 6.26. The second-order valence-electron chi connectivity index (χ2n) is 4.47. The van der Waals surface area contributed by atoms with Gasteiger partial charge in [0, 0.05) is 10.6 Å². The van der Waals surface area contributed by atoms with E-state index in [1.54, 1.807) is 6.07 Å². The molecular weight excluding hydrogens is 258 g/mol. The van der Waals surface area contributed by atoms with E-state index >= 15 is 0 Å². The van der Waals surface area contributed by atoms with Gasteiger partial charge in [0.2, 0.25) is 5.91 Å². The molecule has 0 atom stereocenters. The van der Waals surface area contributed by atoms with Gasteiger partial charge in [-0.2, -0.15) is 0 Å². The van der Waals surface area contributed by atoms with Crippen LogP contribution in [0, 0.1) is 0 Å². The van der Waals surface area contributed by atoms with Crippen molar-refractivity contribution >= 4 is 17.5 Å². The van der Waals surface area contributed by atoms with Gasteiger partial charge in [0.05, 0.1) is 0 Å². The first kappa shape index (κ1) is 13.6. The number of carbonyl (C=O) groups excluding carboxylic acids is 1. The highest BCUT2D eigenvalue weighted by Gasteiger charge is 2.08. The lowest BCUT2D eigenvalue weighted by Gasteiger charge is -2.10. The molecule has 0 bridgehead atoms. The topological polar surface area (TPSA) is 43.1 Å². The van der Waals surface area contributed by atoms with Crippen LogP contribution < -0.4 is 5.73 Å². The number of primary amides is 1. The number of amides is 1. The van der Waals surface area contributed by atoms with Gasteiger partial charge >= 0.3 is 0 Å². The minimum atomic E-state index is -0.390. The summed E-state index contributed by atoms with van der Waals surface area (Å²) < 4.78 is 0. The number of rotatable bonds is 4. The summed E-state index contributed by atoms with van der Waals surface area (Å²) in [4.78, 5) is 11.2. The molecule has 2 aromatic rings. The highest BCUT2D eigenvalue weighted by molar-refractivity contribution is 6.31. The third-order valence-electron chi connectivity index (χ3n) is 3.21. The predicted molar refractivity (Wildman–Crippen MR) is 78.6 cm³/mol. The van der Waals surface area contributed by atoms with Crippen molar-refractivity contribution in [2.24, 2.45) is 5.73 Å². The molecule has 2 aromatic carbocycles.